The van der Waals surface area contributed by atoms with Crippen LogP contribution in [0.4, 0.5) is 5.95 Å². The minimum absolute atomic E-state index is 0.00287. The summed E-state index contributed by atoms with van der Waals surface area (Å²) in [7, 11) is 0. The van der Waals surface area contributed by atoms with Gasteiger partial charge in [-0.1, -0.05) is 25.6 Å². The van der Waals surface area contributed by atoms with Gasteiger partial charge in [0.1, 0.15) is 0 Å². The molecule has 2 atom stereocenters. The van der Waals surface area contributed by atoms with E-state index in [2.05, 4.69) is 32.3 Å². The van der Waals surface area contributed by atoms with Gasteiger partial charge in [-0.05, 0) is 19.4 Å². The van der Waals surface area contributed by atoms with Gasteiger partial charge >= 0.3 is 0 Å². The predicted molar refractivity (Wildman–Crippen MR) is 82.7 cm³/mol. The molecule has 0 aliphatic carbocycles. The van der Waals surface area contributed by atoms with E-state index in [0.29, 0.717) is 17.1 Å². The Bertz CT molecular complexity index is 560. The molecule has 2 heterocycles. The van der Waals surface area contributed by atoms with Crippen LogP contribution in [-0.4, -0.2) is 47.7 Å². The number of nitrogens with zero attached hydrogens (tertiary/aromatic N) is 5. The van der Waals surface area contributed by atoms with Gasteiger partial charge in [-0.3, -0.25) is 0 Å². The van der Waals surface area contributed by atoms with Gasteiger partial charge in [0.15, 0.2) is 5.16 Å². The molecule has 0 saturated heterocycles. The third-order valence-corrected chi connectivity index (χ3v) is 3.98. The van der Waals surface area contributed by atoms with Crippen molar-refractivity contribution in [2.24, 2.45) is 0 Å². The van der Waals surface area contributed by atoms with Gasteiger partial charge in [0.05, 0.1) is 6.10 Å². The first-order valence-electron chi connectivity index (χ1n) is 6.95. The number of anilines is 1. The quantitative estimate of drug-likeness (QED) is 0.753. The molecule has 2 rings (SSSR count). The third-order valence-electron chi connectivity index (χ3n) is 2.82. The molecule has 0 fully saturated rings. The number of hydrogen-bond acceptors (Lipinski definition) is 7. The smallest absolute Gasteiger partial charge is 0.256 e. The van der Waals surface area contributed by atoms with Gasteiger partial charge < -0.3 is 10.4 Å². The maximum Gasteiger partial charge on any atom is 0.256 e. The lowest BCUT2D eigenvalue weighted by atomic mass is 10.3. The van der Waals surface area contributed by atoms with E-state index in [1.165, 1.54) is 11.8 Å². The van der Waals surface area contributed by atoms with E-state index >= 15 is 0 Å². The molecule has 0 aliphatic heterocycles. The van der Waals surface area contributed by atoms with Crippen molar-refractivity contribution in [3.63, 3.8) is 0 Å². The number of aromatic nitrogens is 5. The molecular formula is C13H20N6OS. The Labute approximate surface area is 128 Å². The van der Waals surface area contributed by atoms with Gasteiger partial charge in [0, 0.05) is 24.2 Å². The van der Waals surface area contributed by atoms with Crippen LogP contribution in [0.3, 0.4) is 0 Å². The molecule has 8 heteroatoms. The largest absolute Gasteiger partial charge is 0.392 e. The van der Waals surface area contributed by atoms with Crippen molar-refractivity contribution < 1.29 is 5.11 Å². The molecule has 0 amide bonds. The van der Waals surface area contributed by atoms with Gasteiger partial charge in [-0.15, -0.1) is 0 Å². The maximum atomic E-state index is 9.62. The lowest BCUT2D eigenvalue weighted by Gasteiger charge is -2.14. The standard InChI is InChI=1S/C13H20N6OS/c1-4-6-14-11-16-12(19-8-5-7-15-19)18-13(17-11)21-10(3)9(2)20/h5,7-10,20H,4,6H2,1-3H3,(H,14,16,17,18). The summed E-state index contributed by atoms with van der Waals surface area (Å²) >= 11 is 1.42. The SMILES string of the molecule is CCCNc1nc(SC(C)C(C)O)nc(-n2cccn2)n1. The average molecular weight is 308 g/mol. The highest BCUT2D eigenvalue weighted by atomic mass is 32.2. The van der Waals surface area contributed by atoms with E-state index in [0.717, 1.165) is 13.0 Å². The van der Waals surface area contributed by atoms with Crippen molar-refractivity contribution >= 4 is 17.7 Å². The number of thioether (sulfide) groups is 1. The minimum Gasteiger partial charge on any atom is -0.392 e. The molecule has 2 N–H and O–H groups in total. The Morgan fingerprint density at radius 3 is 2.76 bits per heavy atom. The average Bonchev–Trinajstić information content (AvgIpc) is 2.99. The van der Waals surface area contributed by atoms with E-state index in [4.69, 9.17) is 0 Å². The zero-order valence-corrected chi connectivity index (χ0v) is 13.2. The zero-order valence-electron chi connectivity index (χ0n) is 12.4. The fourth-order valence-corrected chi connectivity index (χ4v) is 2.27. The highest BCUT2D eigenvalue weighted by molar-refractivity contribution is 7.99. The Kier molecular flexibility index (Phi) is 5.51. The first-order chi connectivity index (χ1) is 10.1. The molecule has 0 bridgehead atoms. The van der Waals surface area contributed by atoms with Crippen LogP contribution in [0, 0.1) is 0 Å². The second kappa shape index (κ2) is 7.37. The molecule has 2 aromatic rings. The summed E-state index contributed by atoms with van der Waals surface area (Å²) in [6.45, 7) is 6.56. The van der Waals surface area contributed by atoms with Gasteiger partial charge in [0.25, 0.3) is 5.95 Å². The Balaban J connectivity index is 2.28. The summed E-state index contributed by atoms with van der Waals surface area (Å²) in [6, 6.07) is 1.81. The molecule has 0 aromatic carbocycles. The van der Waals surface area contributed by atoms with Crippen LogP contribution in [-0.2, 0) is 0 Å². The monoisotopic (exact) mass is 308 g/mol. The fourth-order valence-electron chi connectivity index (χ4n) is 1.47. The topological polar surface area (TPSA) is 88.8 Å². The number of rotatable bonds is 7. The molecule has 114 valence electrons. The number of hydrogen-bond donors (Lipinski definition) is 2. The Morgan fingerprint density at radius 2 is 2.14 bits per heavy atom. The minimum atomic E-state index is -0.438. The fraction of sp³-hybridized carbons (Fsp3) is 0.538. The summed E-state index contributed by atoms with van der Waals surface area (Å²) in [6.07, 6.45) is 4.00. The van der Waals surface area contributed by atoms with Gasteiger partial charge in [0.2, 0.25) is 5.95 Å². The molecule has 0 aliphatic rings. The van der Waals surface area contributed by atoms with Gasteiger partial charge in [-0.25, -0.2) is 4.68 Å². The second-order valence-electron chi connectivity index (χ2n) is 4.68. The second-order valence-corrected chi connectivity index (χ2v) is 6.03. The van der Waals surface area contributed by atoms with E-state index in [1.54, 1.807) is 24.0 Å². The molecule has 0 saturated carbocycles. The van der Waals surface area contributed by atoms with Crippen LogP contribution < -0.4 is 5.32 Å². The number of nitrogens with one attached hydrogen (secondary N) is 1. The van der Waals surface area contributed by atoms with Crippen molar-refractivity contribution in [2.75, 3.05) is 11.9 Å². The molecule has 7 nitrogen and oxygen atoms in total. The van der Waals surface area contributed by atoms with Crippen LogP contribution in [0.2, 0.25) is 0 Å². The summed E-state index contributed by atoms with van der Waals surface area (Å²) < 4.78 is 1.59. The highest BCUT2D eigenvalue weighted by Gasteiger charge is 2.15. The van der Waals surface area contributed by atoms with E-state index in [9.17, 15) is 5.11 Å². The summed E-state index contributed by atoms with van der Waals surface area (Å²) in [5, 5.41) is 17.5. The third kappa shape index (κ3) is 4.40. The van der Waals surface area contributed by atoms with Crippen LogP contribution in [0.25, 0.3) is 5.95 Å². The summed E-state index contributed by atoms with van der Waals surface area (Å²) in [4.78, 5) is 13.1. The van der Waals surface area contributed by atoms with E-state index in [-0.39, 0.29) is 5.25 Å². The zero-order chi connectivity index (χ0) is 15.2. The molecule has 0 spiro atoms. The van der Waals surface area contributed by atoms with Crippen molar-refractivity contribution in [3.05, 3.63) is 18.5 Å². The predicted octanol–water partition coefficient (Wildman–Crippen LogP) is 1.74. The molecule has 0 radical (unpaired) electrons. The summed E-state index contributed by atoms with van der Waals surface area (Å²) in [5.74, 6) is 0.992. The van der Waals surface area contributed by atoms with E-state index in [1.807, 2.05) is 13.0 Å². The van der Waals surface area contributed by atoms with Crippen molar-refractivity contribution in [3.8, 4) is 5.95 Å². The van der Waals surface area contributed by atoms with Crippen LogP contribution in [0.15, 0.2) is 23.6 Å². The van der Waals surface area contributed by atoms with Crippen molar-refractivity contribution in [1.29, 1.82) is 0 Å². The molecule has 2 unspecified atom stereocenters. The maximum absolute atomic E-state index is 9.62. The van der Waals surface area contributed by atoms with Crippen LogP contribution in [0.1, 0.15) is 27.2 Å². The lowest BCUT2D eigenvalue weighted by Crippen LogP contribution is -2.17. The van der Waals surface area contributed by atoms with Crippen molar-refractivity contribution in [2.45, 2.75) is 43.7 Å². The highest BCUT2D eigenvalue weighted by Crippen LogP contribution is 2.23. The molecular weight excluding hydrogens is 288 g/mol. The number of aliphatic hydroxyl groups is 1. The first-order valence-corrected chi connectivity index (χ1v) is 7.82. The summed E-state index contributed by atoms with van der Waals surface area (Å²) in [5.41, 5.74) is 0. The van der Waals surface area contributed by atoms with Crippen molar-refractivity contribution in [1.82, 2.24) is 24.7 Å². The van der Waals surface area contributed by atoms with Crippen LogP contribution >= 0.6 is 11.8 Å². The Hall–Kier alpha value is -1.67. The molecule has 21 heavy (non-hydrogen) atoms. The normalized spacial score (nSPS) is 13.9. The lowest BCUT2D eigenvalue weighted by molar-refractivity contribution is 0.196. The molecule has 2 aromatic heterocycles. The van der Waals surface area contributed by atoms with E-state index < -0.39 is 6.10 Å². The number of aliphatic hydroxyl groups excluding tert-OH is 1. The first kappa shape index (κ1) is 15.7. The Morgan fingerprint density at radius 1 is 1.33 bits per heavy atom. The van der Waals surface area contributed by atoms with Gasteiger partial charge in [-0.2, -0.15) is 20.1 Å². The van der Waals surface area contributed by atoms with Crippen LogP contribution in [0.5, 0.6) is 0 Å².